The average Bonchev–Trinajstić information content (AvgIpc) is 3.09. The summed E-state index contributed by atoms with van der Waals surface area (Å²) in [5.74, 6) is -0.819. The molecule has 3 saturated heterocycles. The predicted octanol–water partition coefficient (Wildman–Crippen LogP) is -1.43. The molecule has 3 atom stereocenters. The molecule has 11 nitrogen and oxygen atoms in total. The molecule has 3 amide bonds. The molecule has 3 rings (SSSR count). The first-order valence-electron chi connectivity index (χ1n) is 7.68. The van der Waals surface area contributed by atoms with Gasteiger partial charge in [-0.15, -0.1) is 4.28 Å². The zero-order valence-electron chi connectivity index (χ0n) is 12.9. The number of primary amides is 1. The zero-order valence-corrected chi connectivity index (χ0v) is 13.7. The van der Waals surface area contributed by atoms with Crippen LogP contribution in [0.1, 0.15) is 25.7 Å². The molecule has 2 bridgehead atoms. The number of carbonyl (C=O) groups is 2. The van der Waals surface area contributed by atoms with E-state index in [1.165, 1.54) is 0 Å². The summed E-state index contributed by atoms with van der Waals surface area (Å²) in [6.45, 7) is 1.09. The first kappa shape index (κ1) is 17.4. The number of piperidine rings is 1. The molecule has 12 heteroatoms. The molecule has 3 aliphatic rings. The molecule has 1 unspecified atom stereocenters. The van der Waals surface area contributed by atoms with E-state index in [-0.39, 0.29) is 32.0 Å². The van der Waals surface area contributed by atoms with Gasteiger partial charge >= 0.3 is 16.4 Å². The third-order valence-electron chi connectivity index (χ3n) is 4.64. The number of nitrogens with two attached hydrogens (primary N) is 1. The summed E-state index contributed by atoms with van der Waals surface area (Å²) in [4.78, 5) is 25.6. The highest BCUT2D eigenvalue weighted by Crippen LogP contribution is 2.38. The Labute approximate surface area is 138 Å². The maximum atomic E-state index is 12.4. The normalized spacial score (nSPS) is 33.3. The molecule has 0 aromatic heterocycles. The number of fused-ring (bicyclic) bond motifs is 2. The lowest BCUT2D eigenvalue weighted by atomic mass is 9.96. The summed E-state index contributed by atoms with van der Waals surface area (Å²) in [5, 5.41) is 3.77. The topological polar surface area (TPSA) is 151 Å². The number of amides is 3. The quantitative estimate of drug-likeness (QED) is 0.485. The summed E-state index contributed by atoms with van der Waals surface area (Å²) in [6, 6.07) is -1.42. The lowest BCUT2D eigenvalue weighted by Crippen LogP contribution is -2.62. The van der Waals surface area contributed by atoms with Gasteiger partial charge in [0, 0.05) is 19.0 Å². The highest BCUT2D eigenvalue weighted by molar-refractivity contribution is 7.80. The van der Waals surface area contributed by atoms with E-state index >= 15 is 0 Å². The number of ether oxygens (including phenoxy) is 1. The number of hydroxylamine groups is 2. The van der Waals surface area contributed by atoms with Gasteiger partial charge in [0.25, 0.3) is 5.91 Å². The van der Waals surface area contributed by atoms with E-state index in [0.29, 0.717) is 5.06 Å². The third-order valence-corrected chi connectivity index (χ3v) is 4.99. The Balaban J connectivity index is 1.79. The second-order valence-electron chi connectivity index (χ2n) is 6.17. The molecule has 0 aliphatic carbocycles. The van der Waals surface area contributed by atoms with E-state index in [9.17, 15) is 18.0 Å². The lowest BCUT2D eigenvalue weighted by molar-refractivity contribution is -0.175. The van der Waals surface area contributed by atoms with E-state index in [0.717, 1.165) is 24.3 Å². The van der Waals surface area contributed by atoms with Gasteiger partial charge in [0.2, 0.25) is 5.72 Å². The van der Waals surface area contributed by atoms with Gasteiger partial charge in [0.15, 0.2) is 0 Å². The van der Waals surface area contributed by atoms with Crippen molar-refractivity contribution in [2.75, 3.05) is 19.7 Å². The van der Waals surface area contributed by atoms with Crippen LogP contribution in [0.15, 0.2) is 0 Å². The monoisotopic (exact) mass is 364 g/mol. The largest absolute Gasteiger partial charge is 0.418 e. The van der Waals surface area contributed by atoms with Crippen molar-refractivity contribution in [3.8, 4) is 0 Å². The first-order chi connectivity index (χ1) is 11.2. The Morgan fingerprint density at radius 1 is 1.46 bits per heavy atom. The fourth-order valence-corrected chi connectivity index (χ4v) is 3.84. The maximum absolute atomic E-state index is 12.4. The second-order valence-corrected chi connectivity index (χ2v) is 7.17. The smallest absolute Gasteiger partial charge is 0.365 e. The van der Waals surface area contributed by atoms with Crippen LogP contribution in [-0.4, -0.2) is 72.4 Å². The number of urea groups is 1. The number of hydrogen-bond donors (Lipinski definition) is 3. The molecular formula is C12H20N4O7S. The minimum atomic E-state index is -4.85. The van der Waals surface area contributed by atoms with E-state index in [1.54, 1.807) is 0 Å². The van der Waals surface area contributed by atoms with Crippen LogP contribution in [0, 0.1) is 0 Å². The fraction of sp³-hybridized carbons (Fsp3) is 0.833. The summed E-state index contributed by atoms with van der Waals surface area (Å²) in [5.41, 5.74) is 3.86. The van der Waals surface area contributed by atoms with Crippen LogP contribution in [-0.2, 0) is 24.2 Å². The Hall–Kier alpha value is -1.47. The summed E-state index contributed by atoms with van der Waals surface area (Å²) in [7, 11) is -4.85. The van der Waals surface area contributed by atoms with Crippen LogP contribution in [0.2, 0.25) is 0 Å². The highest BCUT2D eigenvalue weighted by Gasteiger charge is 2.58. The molecule has 3 heterocycles. The molecule has 3 aliphatic heterocycles. The van der Waals surface area contributed by atoms with Crippen molar-refractivity contribution in [1.29, 1.82) is 0 Å². The second kappa shape index (κ2) is 6.11. The average molecular weight is 364 g/mol. The Morgan fingerprint density at radius 3 is 2.79 bits per heavy atom. The number of rotatable bonds is 6. The van der Waals surface area contributed by atoms with Gasteiger partial charge in [-0.3, -0.25) is 14.2 Å². The SMILES string of the molecule is NC(=O)[C@@]1(OCC2CCCN2)CC[C@@H]2CN1C(=O)N2OS(=O)(=O)O. The number of nitrogens with one attached hydrogen (secondary N) is 1. The van der Waals surface area contributed by atoms with E-state index in [2.05, 4.69) is 9.60 Å². The minimum Gasteiger partial charge on any atom is -0.365 e. The summed E-state index contributed by atoms with van der Waals surface area (Å²) >= 11 is 0. The van der Waals surface area contributed by atoms with Gasteiger partial charge < -0.3 is 15.8 Å². The molecule has 0 saturated carbocycles. The third kappa shape index (κ3) is 3.07. The molecule has 136 valence electrons. The van der Waals surface area contributed by atoms with Crippen LogP contribution >= 0.6 is 0 Å². The fourth-order valence-electron chi connectivity index (χ4n) is 3.45. The van der Waals surface area contributed by atoms with Gasteiger partial charge in [-0.05, 0) is 25.8 Å². The van der Waals surface area contributed by atoms with Crippen LogP contribution in [0.3, 0.4) is 0 Å². The van der Waals surface area contributed by atoms with Gasteiger partial charge in [0.1, 0.15) is 0 Å². The molecule has 0 aromatic rings. The summed E-state index contributed by atoms with van der Waals surface area (Å²) in [6.07, 6.45) is 2.26. The van der Waals surface area contributed by atoms with Crippen molar-refractivity contribution in [1.82, 2.24) is 15.3 Å². The molecule has 0 radical (unpaired) electrons. The van der Waals surface area contributed by atoms with Crippen LogP contribution in [0.5, 0.6) is 0 Å². The molecular weight excluding hydrogens is 344 g/mol. The minimum absolute atomic E-state index is 0.0232. The standard InChI is InChI=1S/C12H20N4O7S/c13-10(17)12(22-7-8-2-1-5-14-8)4-3-9-6-15(12)11(18)16(9)23-24(19,20)21/h8-9,14H,1-7H2,(H2,13,17)(H,19,20,21)/t8?,9-,12+/m1/s1. The van der Waals surface area contributed by atoms with E-state index < -0.39 is 34.1 Å². The van der Waals surface area contributed by atoms with E-state index in [1.807, 2.05) is 0 Å². The van der Waals surface area contributed by atoms with Gasteiger partial charge in [-0.1, -0.05) is 0 Å². The summed E-state index contributed by atoms with van der Waals surface area (Å²) < 4.78 is 40.7. The van der Waals surface area contributed by atoms with Crippen molar-refractivity contribution >= 4 is 22.3 Å². The Morgan fingerprint density at radius 2 is 2.21 bits per heavy atom. The van der Waals surface area contributed by atoms with Gasteiger partial charge in [-0.2, -0.15) is 13.5 Å². The van der Waals surface area contributed by atoms with Gasteiger partial charge in [0.05, 0.1) is 12.6 Å². The van der Waals surface area contributed by atoms with Gasteiger partial charge in [-0.25, -0.2) is 4.79 Å². The maximum Gasteiger partial charge on any atom is 0.418 e. The van der Waals surface area contributed by atoms with Crippen molar-refractivity contribution in [3.05, 3.63) is 0 Å². The first-order valence-corrected chi connectivity index (χ1v) is 9.04. The number of nitrogens with zero attached hydrogens (tertiary/aromatic N) is 2. The Bertz CT molecular complexity index is 635. The van der Waals surface area contributed by atoms with E-state index in [4.69, 9.17) is 15.0 Å². The van der Waals surface area contributed by atoms with Crippen molar-refractivity contribution in [2.45, 2.75) is 43.5 Å². The van der Waals surface area contributed by atoms with Crippen molar-refractivity contribution in [2.24, 2.45) is 5.73 Å². The molecule has 0 spiro atoms. The molecule has 0 aromatic carbocycles. The van der Waals surface area contributed by atoms with Crippen LogP contribution < -0.4 is 11.1 Å². The van der Waals surface area contributed by atoms with Crippen LogP contribution in [0.25, 0.3) is 0 Å². The van der Waals surface area contributed by atoms with Crippen LogP contribution in [0.4, 0.5) is 4.79 Å². The predicted molar refractivity (Wildman–Crippen MR) is 78.5 cm³/mol. The van der Waals surface area contributed by atoms with Crippen molar-refractivity contribution < 1.29 is 31.6 Å². The zero-order chi connectivity index (χ0) is 17.5. The number of carbonyl (C=O) groups excluding carboxylic acids is 2. The lowest BCUT2D eigenvalue weighted by Gasteiger charge is -2.40. The molecule has 4 N–H and O–H groups in total. The van der Waals surface area contributed by atoms with Crippen molar-refractivity contribution in [3.63, 3.8) is 0 Å². The Kier molecular flexibility index (Phi) is 4.42. The number of hydrogen-bond acceptors (Lipinski definition) is 7. The molecule has 3 fully saturated rings. The molecule has 24 heavy (non-hydrogen) atoms. The highest BCUT2D eigenvalue weighted by atomic mass is 32.3.